The maximum Gasteiger partial charge on any atom is 0.336 e. The summed E-state index contributed by atoms with van der Waals surface area (Å²) in [5.74, 6) is -2.19. The lowest BCUT2D eigenvalue weighted by Gasteiger charge is -2.20. The highest BCUT2D eigenvalue weighted by Crippen LogP contribution is 2.32. The molecule has 4 heteroatoms. The summed E-state index contributed by atoms with van der Waals surface area (Å²) in [6.45, 7) is 4.33. The van der Waals surface area contributed by atoms with Crippen molar-refractivity contribution in [2.45, 2.75) is 90.4 Å². The van der Waals surface area contributed by atoms with E-state index in [1.54, 1.807) is 12.1 Å². The standard InChI is InChI=1S/C22H34O4/c1-3-5-7-8-9-10-11-14-17(13-6-4-2)18-15-12-16-19(21(23)24)20(18)22(25)26/h12,15-17H,3-11,13-14H2,1-2H3,(H,23,24)(H,25,26). The molecule has 0 radical (unpaired) electrons. The van der Waals surface area contributed by atoms with E-state index in [1.165, 1.54) is 38.2 Å². The molecule has 0 fully saturated rings. The number of carboxylic acid groups (broad SMARTS) is 2. The van der Waals surface area contributed by atoms with Crippen molar-refractivity contribution in [2.75, 3.05) is 0 Å². The molecule has 0 heterocycles. The molecule has 0 saturated heterocycles. The number of benzene rings is 1. The quantitative estimate of drug-likeness (QED) is 0.370. The van der Waals surface area contributed by atoms with Gasteiger partial charge in [0.2, 0.25) is 0 Å². The van der Waals surface area contributed by atoms with Crippen LogP contribution in [-0.4, -0.2) is 22.2 Å². The van der Waals surface area contributed by atoms with Crippen LogP contribution in [0.4, 0.5) is 0 Å². The van der Waals surface area contributed by atoms with E-state index in [2.05, 4.69) is 13.8 Å². The van der Waals surface area contributed by atoms with Crippen LogP contribution < -0.4 is 0 Å². The van der Waals surface area contributed by atoms with Gasteiger partial charge in [-0.1, -0.05) is 83.8 Å². The van der Waals surface area contributed by atoms with Crippen LogP contribution in [0.3, 0.4) is 0 Å². The first-order valence-electron chi connectivity index (χ1n) is 10.1. The van der Waals surface area contributed by atoms with Crippen LogP contribution in [0.1, 0.15) is 117 Å². The number of hydrogen-bond acceptors (Lipinski definition) is 2. The van der Waals surface area contributed by atoms with Crippen molar-refractivity contribution in [3.05, 3.63) is 34.9 Å². The van der Waals surface area contributed by atoms with E-state index in [-0.39, 0.29) is 17.0 Å². The van der Waals surface area contributed by atoms with Crippen molar-refractivity contribution in [1.82, 2.24) is 0 Å². The molecule has 4 nitrogen and oxygen atoms in total. The van der Waals surface area contributed by atoms with Crippen molar-refractivity contribution in [2.24, 2.45) is 0 Å². The third-order valence-corrected chi connectivity index (χ3v) is 5.04. The van der Waals surface area contributed by atoms with E-state index < -0.39 is 11.9 Å². The monoisotopic (exact) mass is 362 g/mol. The van der Waals surface area contributed by atoms with Gasteiger partial charge in [0, 0.05) is 0 Å². The Labute approximate surface area is 157 Å². The van der Waals surface area contributed by atoms with Gasteiger partial charge >= 0.3 is 11.9 Å². The predicted molar refractivity (Wildman–Crippen MR) is 105 cm³/mol. The number of aromatic carboxylic acids is 2. The Balaban J connectivity index is 2.83. The SMILES string of the molecule is CCCCCCCCCC(CCCC)c1cccc(C(=O)O)c1C(=O)O. The second-order valence-corrected chi connectivity index (χ2v) is 7.13. The highest BCUT2D eigenvalue weighted by Gasteiger charge is 2.24. The summed E-state index contributed by atoms with van der Waals surface area (Å²) in [5.41, 5.74) is 0.567. The smallest absolute Gasteiger partial charge is 0.336 e. The first kappa shape index (κ1) is 22.2. The third kappa shape index (κ3) is 7.19. The fourth-order valence-electron chi connectivity index (χ4n) is 3.58. The van der Waals surface area contributed by atoms with Crippen LogP contribution in [0.25, 0.3) is 0 Å². The zero-order valence-electron chi connectivity index (χ0n) is 16.3. The van der Waals surface area contributed by atoms with Crippen LogP contribution in [0.2, 0.25) is 0 Å². The Morgan fingerprint density at radius 3 is 1.96 bits per heavy atom. The van der Waals surface area contributed by atoms with Crippen LogP contribution in [0.15, 0.2) is 18.2 Å². The van der Waals surface area contributed by atoms with E-state index >= 15 is 0 Å². The zero-order chi connectivity index (χ0) is 19.4. The highest BCUT2D eigenvalue weighted by atomic mass is 16.4. The van der Waals surface area contributed by atoms with Gasteiger partial charge in [0.15, 0.2) is 0 Å². The molecule has 1 aromatic rings. The van der Waals surface area contributed by atoms with Gasteiger partial charge in [-0.05, 0) is 30.4 Å². The molecule has 0 spiro atoms. The number of carboxylic acids is 2. The molecule has 146 valence electrons. The van der Waals surface area contributed by atoms with Crippen LogP contribution >= 0.6 is 0 Å². The van der Waals surface area contributed by atoms with Crippen molar-refractivity contribution >= 4 is 11.9 Å². The van der Waals surface area contributed by atoms with Crippen molar-refractivity contribution < 1.29 is 19.8 Å². The van der Waals surface area contributed by atoms with Crippen LogP contribution in [0, 0.1) is 0 Å². The molecule has 0 saturated carbocycles. The normalized spacial score (nSPS) is 12.1. The predicted octanol–water partition coefficient (Wildman–Crippen LogP) is 6.50. The second-order valence-electron chi connectivity index (χ2n) is 7.13. The van der Waals surface area contributed by atoms with Gasteiger partial charge in [0.1, 0.15) is 0 Å². The van der Waals surface area contributed by atoms with Gasteiger partial charge < -0.3 is 10.2 Å². The first-order valence-corrected chi connectivity index (χ1v) is 10.1. The lowest BCUT2D eigenvalue weighted by Crippen LogP contribution is -2.14. The Bertz CT molecular complexity index is 565. The van der Waals surface area contributed by atoms with Crippen LogP contribution in [-0.2, 0) is 0 Å². The first-order chi connectivity index (χ1) is 12.5. The molecule has 0 aromatic heterocycles. The Kier molecular flexibility index (Phi) is 10.7. The summed E-state index contributed by atoms with van der Waals surface area (Å²) in [5, 5.41) is 18.9. The lowest BCUT2D eigenvalue weighted by molar-refractivity contribution is 0.0650. The Morgan fingerprint density at radius 1 is 0.808 bits per heavy atom. The van der Waals surface area contributed by atoms with Gasteiger partial charge in [-0.2, -0.15) is 0 Å². The molecule has 0 aliphatic carbocycles. The second kappa shape index (κ2) is 12.5. The molecule has 1 rings (SSSR count). The zero-order valence-corrected chi connectivity index (χ0v) is 16.3. The van der Waals surface area contributed by atoms with Crippen molar-refractivity contribution in [1.29, 1.82) is 0 Å². The summed E-state index contributed by atoms with van der Waals surface area (Å²) in [6, 6.07) is 4.87. The maximum atomic E-state index is 11.7. The van der Waals surface area contributed by atoms with Crippen molar-refractivity contribution in [3.8, 4) is 0 Å². The minimum Gasteiger partial charge on any atom is -0.478 e. The molecule has 26 heavy (non-hydrogen) atoms. The Hall–Kier alpha value is -1.84. The fourth-order valence-corrected chi connectivity index (χ4v) is 3.58. The molecular weight excluding hydrogens is 328 g/mol. The third-order valence-electron chi connectivity index (χ3n) is 5.04. The molecule has 0 bridgehead atoms. The summed E-state index contributed by atoms with van der Waals surface area (Å²) in [4.78, 5) is 23.2. The number of hydrogen-bond donors (Lipinski definition) is 2. The Morgan fingerprint density at radius 2 is 1.38 bits per heavy atom. The lowest BCUT2D eigenvalue weighted by atomic mass is 9.84. The molecule has 0 aliphatic rings. The van der Waals surface area contributed by atoms with E-state index in [0.29, 0.717) is 5.56 Å². The molecule has 1 unspecified atom stereocenters. The molecule has 1 aromatic carbocycles. The largest absolute Gasteiger partial charge is 0.478 e. The van der Waals surface area contributed by atoms with Crippen molar-refractivity contribution in [3.63, 3.8) is 0 Å². The average molecular weight is 363 g/mol. The van der Waals surface area contributed by atoms with Gasteiger partial charge in [0.25, 0.3) is 0 Å². The maximum absolute atomic E-state index is 11.7. The topological polar surface area (TPSA) is 74.6 Å². The van der Waals surface area contributed by atoms with E-state index in [4.69, 9.17) is 0 Å². The van der Waals surface area contributed by atoms with E-state index in [0.717, 1.165) is 38.5 Å². The summed E-state index contributed by atoms with van der Waals surface area (Å²) in [6.07, 6.45) is 12.5. The van der Waals surface area contributed by atoms with E-state index in [9.17, 15) is 19.8 Å². The molecule has 1 atom stereocenters. The average Bonchev–Trinajstić information content (AvgIpc) is 2.62. The van der Waals surface area contributed by atoms with Gasteiger partial charge in [-0.3, -0.25) is 0 Å². The van der Waals surface area contributed by atoms with E-state index in [1.807, 2.05) is 0 Å². The molecule has 2 N–H and O–H groups in total. The minimum absolute atomic E-state index is 0.0240. The number of rotatable bonds is 14. The number of carbonyl (C=O) groups is 2. The fraction of sp³-hybridized carbons (Fsp3) is 0.636. The summed E-state index contributed by atoms with van der Waals surface area (Å²) >= 11 is 0. The summed E-state index contributed by atoms with van der Waals surface area (Å²) < 4.78 is 0. The highest BCUT2D eigenvalue weighted by molar-refractivity contribution is 6.02. The van der Waals surface area contributed by atoms with Gasteiger partial charge in [0.05, 0.1) is 11.1 Å². The summed E-state index contributed by atoms with van der Waals surface area (Å²) in [7, 11) is 0. The molecule has 0 aliphatic heterocycles. The molecule has 0 amide bonds. The molecular formula is C22H34O4. The number of unbranched alkanes of at least 4 members (excludes halogenated alkanes) is 7. The van der Waals surface area contributed by atoms with Crippen LogP contribution in [0.5, 0.6) is 0 Å². The van der Waals surface area contributed by atoms with Gasteiger partial charge in [-0.15, -0.1) is 0 Å². The minimum atomic E-state index is -1.17. The van der Waals surface area contributed by atoms with Gasteiger partial charge in [-0.25, -0.2) is 9.59 Å².